The molecule has 0 aliphatic rings. The number of carbonyl (C=O) groups is 2. The fraction of sp³-hybridized carbons (Fsp3) is 0.391. The van der Waals surface area contributed by atoms with Gasteiger partial charge in [0.25, 0.3) is 0 Å². The van der Waals surface area contributed by atoms with Gasteiger partial charge < -0.3 is 25.2 Å². The maximum Gasteiger partial charge on any atom is 0.408 e. The smallest absolute Gasteiger partial charge is 0.408 e. The van der Waals surface area contributed by atoms with Gasteiger partial charge in [-0.25, -0.2) is 9.59 Å². The van der Waals surface area contributed by atoms with Crippen molar-refractivity contribution < 1.29 is 24.2 Å². The van der Waals surface area contributed by atoms with Crippen LogP contribution >= 0.6 is 0 Å². The molecule has 7 heteroatoms. The summed E-state index contributed by atoms with van der Waals surface area (Å²) >= 11 is 0. The summed E-state index contributed by atoms with van der Waals surface area (Å²) in [5, 5.41) is 15.1. The molecular weight excluding hydrogens is 384 g/mol. The van der Waals surface area contributed by atoms with Crippen LogP contribution in [0.4, 0.5) is 9.59 Å². The van der Waals surface area contributed by atoms with E-state index in [1.165, 1.54) is 0 Å². The van der Waals surface area contributed by atoms with Gasteiger partial charge in [0.05, 0.1) is 12.6 Å². The van der Waals surface area contributed by atoms with E-state index in [9.17, 15) is 14.7 Å². The minimum atomic E-state index is -0.618. The minimum Gasteiger partial charge on any atom is -0.445 e. The Labute approximate surface area is 177 Å². The van der Waals surface area contributed by atoms with Gasteiger partial charge in [-0.15, -0.1) is 0 Å². The molecule has 162 valence electrons. The average molecular weight is 415 g/mol. The van der Waals surface area contributed by atoms with Gasteiger partial charge >= 0.3 is 12.2 Å². The molecule has 1 atom stereocenters. The number of hydrogen-bond acceptors (Lipinski definition) is 5. The first kappa shape index (κ1) is 23.2. The number of alkyl carbamates (subject to hydrolysis) is 2. The molecule has 7 nitrogen and oxygen atoms in total. The van der Waals surface area contributed by atoms with Crippen LogP contribution in [0.3, 0.4) is 0 Å². The van der Waals surface area contributed by atoms with Gasteiger partial charge in [0, 0.05) is 6.54 Å². The highest BCUT2D eigenvalue weighted by Gasteiger charge is 2.20. The summed E-state index contributed by atoms with van der Waals surface area (Å²) < 4.78 is 10.4. The topological polar surface area (TPSA) is 96.9 Å². The van der Waals surface area contributed by atoms with Crippen molar-refractivity contribution in [3.8, 4) is 0 Å². The fourth-order valence-corrected chi connectivity index (χ4v) is 2.73. The van der Waals surface area contributed by atoms with Crippen molar-refractivity contribution in [2.24, 2.45) is 0 Å². The SMILES string of the molecule is CC(C)(C)OC(=O)N[C@H](CO)c1cccc(CCNC(=O)OCc2ccccc2)c1. The summed E-state index contributed by atoms with van der Waals surface area (Å²) in [5.74, 6) is 0. The maximum absolute atomic E-state index is 12.0. The summed E-state index contributed by atoms with van der Waals surface area (Å²) in [6.07, 6.45) is -0.483. The lowest BCUT2D eigenvalue weighted by Crippen LogP contribution is -2.36. The van der Waals surface area contributed by atoms with E-state index in [0.29, 0.717) is 13.0 Å². The number of benzene rings is 2. The van der Waals surface area contributed by atoms with Crippen molar-refractivity contribution in [3.05, 3.63) is 71.3 Å². The van der Waals surface area contributed by atoms with Crippen molar-refractivity contribution in [1.82, 2.24) is 10.6 Å². The van der Waals surface area contributed by atoms with E-state index >= 15 is 0 Å². The Morgan fingerprint density at radius 3 is 2.37 bits per heavy atom. The summed E-state index contributed by atoms with van der Waals surface area (Å²) in [4.78, 5) is 23.8. The Hall–Kier alpha value is -3.06. The third-order valence-electron chi connectivity index (χ3n) is 4.12. The lowest BCUT2D eigenvalue weighted by Gasteiger charge is -2.23. The molecule has 0 spiro atoms. The first-order valence-corrected chi connectivity index (χ1v) is 9.90. The Bertz CT molecular complexity index is 818. The van der Waals surface area contributed by atoms with E-state index in [-0.39, 0.29) is 13.2 Å². The number of aliphatic hydroxyl groups is 1. The van der Waals surface area contributed by atoms with Gasteiger partial charge in [-0.3, -0.25) is 0 Å². The number of ether oxygens (including phenoxy) is 2. The molecule has 0 aliphatic heterocycles. The first-order valence-electron chi connectivity index (χ1n) is 9.90. The predicted octanol–water partition coefficient (Wildman–Crippen LogP) is 3.71. The average Bonchev–Trinajstić information content (AvgIpc) is 2.70. The van der Waals surface area contributed by atoms with Crippen molar-refractivity contribution in [2.75, 3.05) is 13.2 Å². The molecule has 2 rings (SSSR count). The van der Waals surface area contributed by atoms with Gasteiger partial charge in [0.15, 0.2) is 0 Å². The molecule has 2 aromatic carbocycles. The Morgan fingerprint density at radius 1 is 1.00 bits per heavy atom. The van der Waals surface area contributed by atoms with E-state index in [1.807, 2.05) is 54.6 Å². The molecule has 2 aromatic rings. The van der Waals surface area contributed by atoms with E-state index in [4.69, 9.17) is 9.47 Å². The maximum atomic E-state index is 12.0. The van der Waals surface area contributed by atoms with Crippen LogP contribution in [0.15, 0.2) is 54.6 Å². The fourth-order valence-electron chi connectivity index (χ4n) is 2.73. The molecule has 0 aliphatic carbocycles. The number of rotatable bonds is 8. The van der Waals surface area contributed by atoms with Crippen molar-refractivity contribution in [3.63, 3.8) is 0 Å². The monoisotopic (exact) mass is 414 g/mol. The molecule has 0 fully saturated rings. The molecule has 30 heavy (non-hydrogen) atoms. The molecule has 0 unspecified atom stereocenters. The van der Waals surface area contributed by atoms with Crippen LogP contribution in [0.1, 0.15) is 43.5 Å². The number of nitrogens with one attached hydrogen (secondary N) is 2. The Morgan fingerprint density at radius 2 is 1.70 bits per heavy atom. The predicted molar refractivity (Wildman–Crippen MR) is 114 cm³/mol. The molecule has 2 amide bonds. The number of aliphatic hydroxyl groups excluding tert-OH is 1. The Kier molecular flexibility index (Phi) is 8.68. The molecule has 0 saturated carbocycles. The summed E-state index contributed by atoms with van der Waals surface area (Å²) in [5.41, 5.74) is 2.02. The second-order valence-corrected chi connectivity index (χ2v) is 7.86. The van der Waals surface area contributed by atoms with Gasteiger partial charge in [0.1, 0.15) is 12.2 Å². The third kappa shape index (κ3) is 8.53. The van der Waals surface area contributed by atoms with Crippen LogP contribution in [-0.2, 0) is 22.5 Å². The zero-order chi connectivity index (χ0) is 22.0. The van der Waals surface area contributed by atoms with Crippen LogP contribution < -0.4 is 10.6 Å². The summed E-state index contributed by atoms with van der Waals surface area (Å²) in [6.45, 7) is 5.70. The molecule has 0 bridgehead atoms. The van der Waals surface area contributed by atoms with Gasteiger partial charge in [-0.05, 0) is 43.9 Å². The molecule has 3 N–H and O–H groups in total. The summed E-state index contributed by atoms with van der Waals surface area (Å²) in [6, 6.07) is 16.4. The molecule has 0 saturated heterocycles. The number of hydrogen-bond donors (Lipinski definition) is 3. The van der Waals surface area contributed by atoms with Crippen LogP contribution in [0.5, 0.6) is 0 Å². The van der Waals surface area contributed by atoms with E-state index in [1.54, 1.807) is 20.8 Å². The highest BCUT2D eigenvalue weighted by atomic mass is 16.6. The molecule has 0 heterocycles. The van der Waals surface area contributed by atoms with E-state index < -0.39 is 23.8 Å². The van der Waals surface area contributed by atoms with Crippen LogP contribution in [0, 0.1) is 0 Å². The molecule has 0 radical (unpaired) electrons. The van der Waals surface area contributed by atoms with Crippen molar-refractivity contribution in [2.45, 2.75) is 45.4 Å². The van der Waals surface area contributed by atoms with E-state index in [2.05, 4.69) is 10.6 Å². The van der Waals surface area contributed by atoms with E-state index in [0.717, 1.165) is 16.7 Å². The van der Waals surface area contributed by atoms with Crippen molar-refractivity contribution in [1.29, 1.82) is 0 Å². The van der Waals surface area contributed by atoms with Crippen LogP contribution in [0.2, 0.25) is 0 Å². The second kappa shape index (κ2) is 11.2. The second-order valence-electron chi connectivity index (χ2n) is 7.86. The van der Waals surface area contributed by atoms with Crippen LogP contribution in [-0.4, -0.2) is 36.0 Å². The van der Waals surface area contributed by atoms with Crippen molar-refractivity contribution >= 4 is 12.2 Å². The minimum absolute atomic E-state index is 0.219. The molecular formula is C23H30N2O5. The van der Waals surface area contributed by atoms with Crippen LogP contribution in [0.25, 0.3) is 0 Å². The highest BCUT2D eigenvalue weighted by Crippen LogP contribution is 2.16. The highest BCUT2D eigenvalue weighted by molar-refractivity contribution is 5.68. The third-order valence-corrected chi connectivity index (χ3v) is 4.12. The van der Waals surface area contributed by atoms with Gasteiger partial charge in [-0.2, -0.15) is 0 Å². The summed E-state index contributed by atoms with van der Waals surface area (Å²) in [7, 11) is 0. The largest absolute Gasteiger partial charge is 0.445 e. The standard InChI is InChI=1S/C23H30N2O5/c1-23(2,3)30-22(28)25-20(15-26)19-11-7-10-17(14-19)12-13-24-21(27)29-16-18-8-5-4-6-9-18/h4-11,14,20,26H,12-13,15-16H2,1-3H3,(H,24,27)(H,25,28)/t20-/m1/s1. The quantitative estimate of drug-likeness (QED) is 0.612. The lowest BCUT2D eigenvalue weighted by molar-refractivity contribution is 0.0481. The van der Waals surface area contributed by atoms with Gasteiger partial charge in [0.2, 0.25) is 0 Å². The zero-order valence-electron chi connectivity index (χ0n) is 17.7. The molecule has 0 aromatic heterocycles. The Balaban J connectivity index is 1.82. The number of carbonyl (C=O) groups excluding carboxylic acids is 2. The zero-order valence-corrected chi connectivity index (χ0v) is 17.7. The lowest BCUT2D eigenvalue weighted by atomic mass is 10.0. The number of amides is 2. The first-order chi connectivity index (χ1) is 14.3. The van der Waals surface area contributed by atoms with Gasteiger partial charge in [-0.1, -0.05) is 54.6 Å². The normalized spacial score (nSPS) is 12.0.